The Balaban J connectivity index is 0.674. The highest BCUT2D eigenvalue weighted by molar-refractivity contribution is 7.19. The number of anilines is 12. The monoisotopic (exact) mass is 1290 g/mol. The second kappa shape index (κ2) is 26.5. The van der Waals surface area contributed by atoms with Crippen LogP contribution >= 0.6 is 22.7 Å². The van der Waals surface area contributed by atoms with Crippen LogP contribution in [0, 0.1) is 0 Å². The third-order valence-electron chi connectivity index (χ3n) is 18.5. The number of hydrogen-bond acceptors (Lipinski definition) is 6. The lowest BCUT2D eigenvalue weighted by Gasteiger charge is -2.29. The normalized spacial score (nSPS) is 11.3. The summed E-state index contributed by atoms with van der Waals surface area (Å²) in [5.74, 6) is 0. The summed E-state index contributed by atoms with van der Waals surface area (Å²) in [6.07, 6.45) is 0. The standard InChI is InChI=1S/C92H64N4S2/c1-4-21-70(22-5-1)89-60-62-91(97-89)72-39-47-80(48-40-72)95(87-32-16-26-68-19-12-14-30-85(68)87)82-56-52-78(53-57-82)93(75-28-8-3-9-29-75)76-43-34-66(35-44-76)67-36-45-77(46-37-67)94(84-51-38-65-18-10-11-25-74(65)64-84)79-54-58-83(59-55-79)96(88-33-17-27-69-20-13-15-31-86(69)88)81-49-41-73(42-50-81)92-63-61-90(98-92)71-23-6-2-7-24-71/h1-64H. The van der Waals surface area contributed by atoms with Crippen LogP contribution in [0.1, 0.15) is 0 Å². The van der Waals surface area contributed by atoms with Gasteiger partial charge in [-0.2, -0.15) is 0 Å². The van der Waals surface area contributed by atoms with Crippen LogP contribution in [-0.2, 0) is 0 Å². The van der Waals surface area contributed by atoms with Crippen LogP contribution in [-0.4, -0.2) is 0 Å². The second-order valence-electron chi connectivity index (χ2n) is 24.5. The number of hydrogen-bond donors (Lipinski definition) is 0. The summed E-state index contributed by atoms with van der Waals surface area (Å²) in [7, 11) is 0. The molecule has 17 rings (SSSR count). The Hall–Kier alpha value is -12.3. The predicted molar refractivity (Wildman–Crippen MR) is 421 cm³/mol. The molecule has 98 heavy (non-hydrogen) atoms. The van der Waals surface area contributed by atoms with Crippen molar-refractivity contribution in [2.24, 2.45) is 0 Å². The van der Waals surface area contributed by atoms with Gasteiger partial charge >= 0.3 is 0 Å². The van der Waals surface area contributed by atoms with Gasteiger partial charge in [-0.15, -0.1) is 22.7 Å². The summed E-state index contributed by atoms with van der Waals surface area (Å²) in [5, 5.41) is 7.15. The first-order valence-electron chi connectivity index (χ1n) is 33.2. The smallest absolute Gasteiger partial charge is 0.0540 e. The summed E-state index contributed by atoms with van der Waals surface area (Å²) in [6, 6.07) is 141. The number of para-hydroxylation sites is 1. The molecule has 0 aliphatic heterocycles. The van der Waals surface area contributed by atoms with Crippen LogP contribution in [0.3, 0.4) is 0 Å². The fourth-order valence-electron chi connectivity index (χ4n) is 13.6. The van der Waals surface area contributed by atoms with Crippen LogP contribution in [0.4, 0.5) is 68.2 Å². The van der Waals surface area contributed by atoms with Gasteiger partial charge in [0.2, 0.25) is 0 Å². The molecule has 0 bridgehead atoms. The highest BCUT2D eigenvalue weighted by Gasteiger charge is 2.22. The van der Waals surface area contributed by atoms with E-state index < -0.39 is 0 Å². The molecule has 0 aliphatic carbocycles. The molecule has 0 radical (unpaired) electrons. The van der Waals surface area contributed by atoms with Crippen molar-refractivity contribution < 1.29 is 0 Å². The minimum atomic E-state index is 1.05. The Bertz CT molecular complexity index is 5590. The summed E-state index contributed by atoms with van der Waals surface area (Å²) < 4.78 is 0. The van der Waals surface area contributed by atoms with E-state index in [4.69, 9.17) is 0 Å². The van der Waals surface area contributed by atoms with Crippen LogP contribution < -0.4 is 19.6 Å². The molecule has 2 heterocycles. The maximum absolute atomic E-state index is 2.39. The van der Waals surface area contributed by atoms with Crippen molar-refractivity contribution in [3.8, 4) is 52.9 Å². The number of nitrogens with zero attached hydrogens (tertiary/aromatic N) is 4. The molecule has 2 aromatic heterocycles. The molecule has 0 saturated heterocycles. The Morgan fingerprint density at radius 2 is 0.418 bits per heavy atom. The number of fused-ring (bicyclic) bond motifs is 3. The van der Waals surface area contributed by atoms with Crippen LogP contribution in [0.15, 0.2) is 388 Å². The lowest BCUT2D eigenvalue weighted by molar-refractivity contribution is 1.26. The van der Waals surface area contributed by atoms with Gasteiger partial charge < -0.3 is 19.6 Å². The van der Waals surface area contributed by atoms with Gasteiger partial charge in [0.15, 0.2) is 0 Å². The first-order valence-corrected chi connectivity index (χ1v) is 34.8. The first-order chi connectivity index (χ1) is 48.6. The van der Waals surface area contributed by atoms with Gasteiger partial charge in [-0.3, -0.25) is 0 Å². The second-order valence-corrected chi connectivity index (χ2v) is 26.7. The molecule has 0 amide bonds. The number of thiophene rings is 2. The third kappa shape index (κ3) is 11.9. The van der Waals surface area contributed by atoms with Crippen molar-refractivity contribution in [1.82, 2.24) is 0 Å². The number of rotatable bonds is 17. The minimum Gasteiger partial charge on any atom is -0.311 e. The van der Waals surface area contributed by atoms with E-state index in [0.717, 1.165) is 79.4 Å². The topological polar surface area (TPSA) is 13.0 Å². The SMILES string of the molecule is c1ccc(-c2ccc(-c3ccc(N(c4ccc(N(c5ccccc5)c5ccc(-c6ccc(N(c7ccc(N(c8ccc(-c9ccc(-c%10ccccc%10)s9)cc8)c8cccc9ccccc89)cc7)c7ccc8ccccc8c7)cc6)cc5)cc4)c4cccc5ccccc45)cc3)s2)cc1. The molecular weight excluding hydrogens is 1230 g/mol. The van der Waals surface area contributed by atoms with E-state index >= 15 is 0 Å². The van der Waals surface area contributed by atoms with Crippen molar-refractivity contribution in [2.75, 3.05) is 19.6 Å². The molecule has 0 atom stereocenters. The Labute approximate surface area is 580 Å². The zero-order valence-corrected chi connectivity index (χ0v) is 55.2. The molecule has 17 aromatic rings. The predicted octanol–water partition coefficient (Wildman–Crippen LogP) is 27.5. The maximum atomic E-state index is 2.39. The molecule has 0 fully saturated rings. The van der Waals surface area contributed by atoms with Gasteiger partial charge in [0, 0.05) is 87.2 Å². The third-order valence-corrected chi connectivity index (χ3v) is 20.9. The highest BCUT2D eigenvalue weighted by atomic mass is 32.1. The van der Waals surface area contributed by atoms with Crippen molar-refractivity contribution in [3.05, 3.63) is 388 Å². The molecule has 15 aromatic carbocycles. The Kier molecular flexibility index (Phi) is 16.0. The van der Waals surface area contributed by atoms with Crippen LogP contribution in [0.25, 0.3) is 85.2 Å². The van der Waals surface area contributed by atoms with Crippen LogP contribution in [0.2, 0.25) is 0 Å². The van der Waals surface area contributed by atoms with Gasteiger partial charge in [-0.25, -0.2) is 0 Å². The van der Waals surface area contributed by atoms with E-state index in [1.54, 1.807) is 0 Å². The van der Waals surface area contributed by atoms with Gasteiger partial charge in [0.05, 0.1) is 11.4 Å². The lowest BCUT2D eigenvalue weighted by Crippen LogP contribution is -2.12. The summed E-state index contributed by atoms with van der Waals surface area (Å²) in [5.41, 5.74) is 20.1. The van der Waals surface area contributed by atoms with Gasteiger partial charge in [-0.05, 0) is 213 Å². The van der Waals surface area contributed by atoms with Crippen molar-refractivity contribution >= 4 is 123 Å². The van der Waals surface area contributed by atoms with Gasteiger partial charge in [0.25, 0.3) is 0 Å². The van der Waals surface area contributed by atoms with E-state index in [9.17, 15) is 0 Å². The fourth-order valence-corrected chi connectivity index (χ4v) is 15.6. The fraction of sp³-hybridized carbons (Fsp3) is 0. The quantitative estimate of drug-likeness (QED) is 0.0901. The molecule has 464 valence electrons. The average molecular weight is 1290 g/mol. The van der Waals surface area contributed by atoms with E-state index in [2.05, 4.69) is 408 Å². The zero-order chi connectivity index (χ0) is 65.1. The number of benzene rings is 15. The summed E-state index contributed by atoms with van der Waals surface area (Å²) in [6.45, 7) is 0. The van der Waals surface area contributed by atoms with Crippen LogP contribution in [0.5, 0.6) is 0 Å². The van der Waals surface area contributed by atoms with Crippen molar-refractivity contribution in [1.29, 1.82) is 0 Å². The average Bonchev–Trinajstić information content (AvgIpc) is 0.910. The summed E-state index contributed by atoms with van der Waals surface area (Å²) >= 11 is 3.65. The highest BCUT2D eigenvalue weighted by Crippen LogP contribution is 2.47. The maximum Gasteiger partial charge on any atom is 0.0540 e. The van der Waals surface area contributed by atoms with Gasteiger partial charge in [-0.1, -0.05) is 231 Å². The molecule has 0 saturated carbocycles. The Morgan fingerprint density at radius 3 is 0.816 bits per heavy atom. The van der Waals surface area contributed by atoms with E-state index in [0.29, 0.717) is 0 Å². The Morgan fingerprint density at radius 1 is 0.153 bits per heavy atom. The molecule has 0 spiro atoms. The summed E-state index contributed by atoms with van der Waals surface area (Å²) in [4.78, 5) is 14.5. The molecule has 0 unspecified atom stereocenters. The minimum absolute atomic E-state index is 1.05. The van der Waals surface area contributed by atoms with E-state index in [1.165, 1.54) is 74.1 Å². The lowest BCUT2D eigenvalue weighted by atomic mass is 10.0. The van der Waals surface area contributed by atoms with E-state index in [-0.39, 0.29) is 0 Å². The molecule has 0 aliphatic rings. The zero-order valence-electron chi connectivity index (χ0n) is 53.6. The largest absolute Gasteiger partial charge is 0.311 e. The molecule has 4 nitrogen and oxygen atoms in total. The molecule has 6 heteroatoms. The van der Waals surface area contributed by atoms with Crippen molar-refractivity contribution in [3.63, 3.8) is 0 Å². The molecule has 0 N–H and O–H groups in total. The van der Waals surface area contributed by atoms with Gasteiger partial charge in [0.1, 0.15) is 0 Å². The van der Waals surface area contributed by atoms with E-state index in [1.807, 2.05) is 22.7 Å². The molecular formula is C92H64N4S2. The van der Waals surface area contributed by atoms with Crippen molar-refractivity contribution in [2.45, 2.75) is 0 Å². The first kappa shape index (κ1) is 59.4.